The molecule has 0 aromatic heterocycles. The SMILES string of the molecule is Cc1cccc(N(CC(=O)N(Cc2c(Cl)cccc2Cl)[C@H](Cc2ccccc2)C(=O)NC2CCCCC2)S(C)(=O)=O)c1C. The number of rotatable bonds is 11. The fourth-order valence-electron chi connectivity index (χ4n) is 5.55. The van der Waals surface area contributed by atoms with Gasteiger partial charge in [-0.2, -0.15) is 0 Å². The fourth-order valence-corrected chi connectivity index (χ4v) is 6.97. The molecule has 3 aromatic carbocycles. The van der Waals surface area contributed by atoms with Gasteiger partial charge >= 0.3 is 0 Å². The minimum Gasteiger partial charge on any atom is -0.352 e. The highest BCUT2D eigenvalue weighted by Crippen LogP contribution is 2.29. The van der Waals surface area contributed by atoms with Crippen LogP contribution in [0.25, 0.3) is 0 Å². The number of hydrogen-bond donors (Lipinski definition) is 1. The maximum Gasteiger partial charge on any atom is 0.244 e. The first-order valence-corrected chi connectivity index (χ1v) is 17.2. The van der Waals surface area contributed by atoms with Crippen LogP contribution in [0.3, 0.4) is 0 Å². The molecule has 1 N–H and O–H groups in total. The zero-order valence-electron chi connectivity index (χ0n) is 24.9. The van der Waals surface area contributed by atoms with Gasteiger partial charge in [0, 0.05) is 34.6 Å². The Balaban J connectivity index is 1.78. The molecule has 1 saturated carbocycles. The predicted octanol–water partition coefficient (Wildman–Crippen LogP) is 6.47. The van der Waals surface area contributed by atoms with Gasteiger partial charge < -0.3 is 10.2 Å². The van der Waals surface area contributed by atoms with Gasteiger partial charge in [0.15, 0.2) is 0 Å². The van der Waals surface area contributed by atoms with Crippen LogP contribution in [0.4, 0.5) is 5.69 Å². The summed E-state index contributed by atoms with van der Waals surface area (Å²) in [6, 6.07) is 19.0. The van der Waals surface area contributed by atoms with Gasteiger partial charge in [0.05, 0.1) is 11.9 Å². The molecule has 7 nitrogen and oxygen atoms in total. The highest BCUT2D eigenvalue weighted by atomic mass is 35.5. The Kier molecular flexibility index (Phi) is 11.2. The number of benzene rings is 3. The van der Waals surface area contributed by atoms with E-state index in [2.05, 4.69) is 5.32 Å². The van der Waals surface area contributed by atoms with Crippen molar-refractivity contribution in [3.05, 3.63) is 99.0 Å². The topological polar surface area (TPSA) is 86.8 Å². The molecule has 3 aromatic rings. The second-order valence-electron chi connectivity index (χ2n) is 11.3. The van der Waals surface area contributed by atoms with Crippen LogP contribution in [-0.2, 0) is 32.6 Å². The molecule has 0 saturated heterocycles. The van der Waals surface area contributed by atoms with Gasteiger partial charge in [-0.15, -0.1) is 0 Å². The molecule has 10 heteroatoms. The number of halogens is 2. The molecule has 43 heavy (non-hydrogen) atoms. The van der Waals surface area contributed by atoms with E-state index in [1.54, 1.807) is 30.3 Å². The van der Waals surface area contributed by atoms with Crippen molar-refractivity contribution >= 4 is 50.7 Å². The maximum absolute atomic E-state index is 14.4. The van der Waals surface area contributed by atoms with E-state index in [1.807, 2.05) is 50.2 Å². The molecule has 4 rings (SSSR count). The molecule has 1 fully saturated rings. The highest BCUT2D eigenvalue weighted by Gasteiger charge is 2.35. The van der Waals surface area contributed by atoms with E-state index in [0.29, 0.717) is 21.3 Å². The third-order valence-corrected chi connectivity index (χ3v) is 9.97. The molecular weight excluding hydrogens is 605 g/mol. The Hall–Kier alpha value is -3.07. The monoisotopic (exact) mass is 643 g/mol. The second kappa shape index (κ2) is 14.6. The molecule has 0 aliphatic heterocycles. The zero-order chi connectivity index (χ0) is 31.1. The van der Waals surface area contributed by atoms with Crippen molar-refractivity contribution in [3.8, 4) is 0 Å². The number of hydrogen-bond acceptors (Lipinski definition) is 4. The van der Waals surface area contributed by atoms with Gasteiger partial charge in [0.25, 0.3) is 0 Å². The van der Waals surface area contributed by atoms with E-state index >= 15 is 0 Å². The summed E-state index contributed by atoms with van der Waals surface area (Å²) in [6.07, 6.45) is 6.26. The van der Waals surface area contributed by atoms with Crippen molar-refractivity contribution < 1.29 is 18.0 Å². The van der Waals surface area contributed by atoms with Crippen molar-refractivity contribution in [1.82, 2.24) is 10.2 Å². The molecule has 2 amide bonds. The van der Waals surface area contributed by atoms with E-state index in [9.17, 15) is 18.0 Å². The number of nitrogens with zero attached hydrogens (tertiary/aromatic N) is 2. The van der Waals surface area contributed by atoms with Gasteiger partial charge in [-0.1, -0.05) is 91.0 Å². The molecule has 1 aliphatic carbocycles. The number of aryl methyl sites for hydroxylation is 1. The molecule has 0 spiro atoms. The number of carbonyl (C=O) groups excluding carboxylic acids is 2. The Morgan fingerprint density at radius 3 is 2.16 bits per heavy atom. The summed E-state index contributed by atoms with van der Waals surface area (Å²) in [5.41, 5.74) is 3.41. The third kappa shape index (κ3) is 8.52. The molecule has 0 radical (unpaired) electrons. The van der Waals surface area contributed by atoms with Crippen molar-refractivity contribution in [2.24, 2.45) is 0 Å². The van der Waals surface area contributed by atoms with Crippen LogP contribution in [-0.4, -0.2) is 50.0 Å². The summed E-state index contributed by atoms with van der Waals surface area (Å²) < 4.78 is 27.3. The number of carbonyl (C=O) groups is 2. The van der Waals surface area contributed by atoms with Gasteiger partial charge in [0.1, 0.15) is 12.6 Å². The van der Waals surface area contributed by atoms with Crippen molar-refractivity contribution in [3.63, 3.8) is 0 Å². The van der Waals surface area contributed by atoms with Crippen LogP contribution in [0.1, 0.15) is 54.4 Å². The first-order valence-electron chi connectivity index (χ1n) is 14.6. The quantitative estimate of drug-likeness (QED) is 0.260. The van der Waals surface area contributed by atoms with Crippen molar-refractivity contribution in [2.75, 3.05) is 17.1 Å². The zero-order valence-corrected chi connectivity index (χ0v) is 27.2. The lowest BCUT2D eigenvalue weighted by Crippen LogP contribution is -2.55. The second-order valence-corrected chi connectivity index (χ2v) is 14.0. The first kappa shape index (κ1) is 32.8. The van der Waals surface area contributed by atoms with Gasteiger partial charge in [-0.05, 0) is 61.6 Å². The summed E-state index contributed by atoms with van der Waals surface area (Å²) in [6.45, 7) is 3.15. The lowest BCUT2D eigenvalue weighted by atomic mass is 9.94. The summed E-state index contributed by atoms with van der Waals surface area (Å²) in [4.78, 5) is 29.9. The average molecular weight is 645 g/mol. The standard InChI is InChI=1S/C33H39Cl2N3O4S/c1-23-12-10-19-30(24(23)2)38(43(3,41)42)22-32(39)37(21-27-28(34)17-11-18-29(27)35)31(20-25-13-6-4-7-14-25)33(40)36-26-15-8-5-9-16-26/h4,6-7,10-14,17-19,26,31H,5,8-9,15-16,20-22H2,1-3H3,(H,36,40)/t31-/m1/s1. The number of sulfonamides is 1. The highest BCUT2D eigenvalue weighted by molar-refractivity contribution is 7.92. The van der Waals surface area contributed by atoms with Gasteiger partial charge in [0.2, 0.25) is 21.8 Å². The van der Waals surface area contributed by atoms with Crippen LogP contribution in [0.15, 0.2) is 66.7 Å². The van der Waals surface area contributed by atoms with Crippen LogP contribution >= 0.6 is 23.2 Å². The number of anilines is 1. The van der Waals surface area contributed by atoms with Crippen LogP contribution in [0, 0.1) is 13.8 Å². The average Bonchev–Trinajstić information content (AvgIpc) is 2.97. The molecule has 1 atom stereocenters. The lowest BCUT2D eigenvalue weighted by Gasteiger charge is -2.35. The molecule has 0 heterocycles. The van der Waals surface area contributed by atoms with Crippen LogP contribution in [0.2, 0.25) is 10.0 Å². The summed E-state index contributed by atoms with van der Waals surface area (Å²) in [5.74, 6) is -0.827. The number of nitrogens with one attached hydrogen (secondary N) is 1. The van der Waals surface area contributed by atoms with Gasteiger partial charge in [-0.25, -0.2) is 8.42 Å². The van der Waals surface area contributed by atoms with E-state index < -0.39 is 28.5 Å². The Labute approximate surface area is 265 Å². The molecule has 0 bridgehead atoms. The smallest absolute Gasteiger partial charge is 0.244 e. The summed E-state index contributed by atoms with van der Waals surface area (Å²) >= 11 is 13.1. The molecule has 0 unspecified atom stereocenters. The Morgan fingerprint density at radius 2 is 1.53 bits per heavy atom. The van der Waals surface area contributed by atoms with Crippen molar-refractivity contribution in [2.45, 2.75) is 71.0 Å². The minimum absolute atomic E-state index is 0.0165. The predicted molar refractivity (Wildman–Crippen MR) is 174 cm³/mol. The van der Waals surface area contributed by atoms with E-state index in [4.69, 9.17) is 23.2 Å². The molecule has 230 valence electrons. The largest absolute Gasteiger partial charge is 0.352 e. The van der Waals surface area contributed by atoms with E-state index in [0.717, 1.165) is 59.4 Å². The Bertz CT molecular complexity index is 1520. The minimum atomic E-state index is -3.87. The lowest BCUT2D eigenvalue weighted by molar-refractivity contribution is -0.140. The maximum atomic E-state index is 14.4. The van der Waals surface area contributed by atoms with E-state index in [-0.39, 0.29) is 24.9 Å². The summed E-state index contributed by atoms with van der Waals surface area (Å²) in [7, 11) is -3.87. The van der Waals surface area contributed by atoms with Gasteiger partial charge in [-0.3, -0.25) is 13.9 Å². The first-order chi connectivity index (χ1) is 20.5. The fraction of sp³-hybridized carbons (Fsp3) is 0.394. The third-order valence-electron chi connectivity index (χ3n) is 8.14. The van der Waals surface area contributed by atoms with E-state index in [1.165, 1.54) is 4.90 Å². The molecule has 1 aliphatic rings. The Morgan fingerprint density at radius 1 is 0.907 bits per heavy atom. The summed E-state index contributed by atoms with van der Waals surface area (Å²) in [5, 5.41) is 3.90. The van der Waals surface area contributed by atoms with Crippen LogP contribution in [0.5, 0.6) is 0 Å². The molecular formula is C33H39Cl2N3O4S. The normalized spacial score (nSPS) is 14.6. The number of amides is 2. The van der Waals surface area contributed by atoms with Crippen molar-refractivity contribution in [1.29, 1.82) is 0 Å². The van der Waals surface area contributed by atoms with Crippen LogP contribution < -0.4 is 9.62 Å².